The van der Waals surface area contributed by atoms with Gasteiger partial charge in [0.1, 0.15) is 0 Å². The van der Waals surface area contributed by atoms with E-state index in [2.05, 4.69) is 48.6 Å². The van der Waals surface area contributed by atoms with Crippen LogP contribution < -0.4 is 10.6 Å². The van der Waals surface area contributed by atoms with Gasteiger partial charge >= 0.3 is 0 Å². The van der Waals surface area contributed by atoms with E-state index in [0.29, 0.717) is 0 Å². The highest BCUT2D eigenvalue weighted by atomic mass is 31.1. The Bertz CT molecular complexity index is 760. The number of allylic oxidation sites excluding steroid dienone is 4. The molecule has 0 amide bonds. The van der Waals surface area contributed by atoms with Crippen LogP contribution in [0.15, 0.2) is 85.0 Å². The average molecular weight is 334 g/mol. The lowest BCUT2D eigenvalue weighted by Crippen LogP contribution is -2.27. The number of hydrogen-bond acceptors (Lipinski definition) is 0. The molecule has 0 radical (unpaired) electrons. The first-order valence-electron chi connectivity index (χ1n) is 8.72. The third-order valence-corrected chi connectivity index (χ3v) is 9.31. The summed E-state index contributed by atoms with van der Waals surface area (Å²) in [6.45, 7) is 0. The summed E-state index contributed by atoms with van der Waals surface area (Å²) in [5, 5.41) is 1.14. The number of halogens is 1. The zero-order valence-corrected chi connectivity index (χ0v) is 14.4. The summed E-state index contributed by atoms with van der Waals surface area (Å²) in [4.78, 5) is 0. The molecule has 2 aromatic rings. The van der Waals surface area contributed by atoms with E-state index in [1.165, 1.54) is 0 Å². The van der Waals surface area contributed by atoms with E-state index < -0.39 is 13.3 Å². The molecule has 0 aromatic heterocycles. The largest absolute Gasteiger partial charge is 0.236 e. The van der Waals surface area contributed by atoms with Gasteiger partial charge in [-0.25, -0.2) is 4.39 Å². The Hall–Kier alpha value is -1.72. The average Bonchev–Trinajstić information content (AvgIpc) is 2.93. The van der Waals surface area contributed by atoms with Crippen molar-refractivity contribution < 1.29 is 4.39 Å². The zero-order chi connectivity index (χ0) is 16.3. The molecule has 3 atom stereocenters. The predicted octanol–water partition coefficient (Wildman–Crippen LogP) is 5.08. The van der Waals surface area contributed by atoms with E-state index in [1.807, 2.05) is 36.4 Å². The third kappa shape index (κ3) is 1.53. The molecule has 0 bridgehead atoms. The van der Waals surface area contributed by atoms with Crippen molar-refractivity contribution in [2.45, 2.75) is 24.7 Å². The summed E-state index contributed by atoms with van der Waals surface area (Å²) in [5.41, 5.74) is -0.571. The van der Waals surface area contributed by atoms with Crippen molar-refractivity contribution in [3.63, 3.8) is 0 Å². The van der Waals surface area contributed by atoms with Crippen LogP contribution in [0.2, 0.25) is 0 Å². The molecule has 3 aliphatic rings. The summed E-state index contributed by atoms with van der Waals surface area (Å²) in [6.07, 6.45) is 11.6. The van der Waals surface area contributed by atoms with Crippen LogP contribution in [0.5, 0.6) is 0 Å². The van der Waals surface area contributed by atoms with Gasteiger partial charge in [0, 0.05) is 10.8 Å². The van der Waals surface area contributed by atoms with Crippen LogP contribution in [0.4, 0.5) is 4.39 Å². The van der Waals surface area contributed by atoms with Crippen LogP contribution in [-0.2, 0) is 0 Å². The number of rotatable bonds is 3. The Morgan fingerprint density at radius 3 is 1.62 bits per heavy atom. The molecule has 0 spiro atoms. The molecular formula is C22H20FP. The van der Waals surface area contributed by atoms with Crippen molar-refractivity contribution in [2.75, 3.05) is 0 Å². The van der Waals surface area contributed by atoms with Crippen LogP contribution >= 0.6 is 7.92 Å². The third-order valence-electron chi connectivity index (χ3n) is 6.27. The molecule has 3 aliphatic carbocycles. The van der Waals surface area contributed by atoms with Crippen molar-refractivity contribution >= 4 is 18.5 Å². The van der Waals surface area contributed by atoms with Gasteiger partial charge in [-0.3, -0.25) is 0 Å². The molecular weight excluding hydrogens is 314 g/mol. The quantitative estimate of drug-likeness (QED) is 0.687. The molecule has 1 unspecified atom stereocenters. The lowest BCUT2D eigenvalue weighted by Gasteiger charge is -2.29. The van der Waals surface area contributed by atoms with Crippen molar-refractivity contribution in [1.29, 1.82) is 0 Å². The SMILES string of the molecule is FC1(P(c2ccccc2)c2ccccc2)[C@@]23C=CC=C[C@@]12CCC3. The molecule has 0 heterocycles. The second-order valence-electron chi connectivity index (χ2n) is 7.14. The highest BCUT2D eigenvalue weighted by Crippen LogP contribution is 2.92. The minimum atomic E-state index is -1.17. The first-order chi connectivity index (χ1) is 11.8. The Morgan fingerprint density at radius 1 is 0.708 bits per heavy atom. The number of benzene rings is 2. The molecule has 0 aliphatic heterocycles. The predicted molar refractivity (Wildman–Crippen MR) is 99.9 cm³/mol. The van der Waals surface area contributed by atoms with E-state index in [-0.39, 0.29) is 10.8 Å². The van der Waals surface area contributed by atoms with Gasteiger partial charge < -0.3 is 0 Å². The van der Waals surface area contributed by atoms with E-state index in [0.717, 1.165) is 29.9 Å². The maximum Gasteiger partial charge on any atom is 0.157 e. The normalized spacial score (nSPS) is 35.8. The van der Waals surface area contributed by atoms with Gasteiger partial charge in [-0.1, -0.05) is 91.4 Å². The van der Waals surface area contributed by atoms with Gasteiger partial charge in [0.2, 0.25) is 0 Å². The van der Waals surface area contributed by atoms with Crippen molar-refractivity contribution in [2.24, 2.45) is 10.8 Å². The minimum absolute atomic E-state index is 0.286. The Kier molecular flexibility index (Phi) is 2.98. The molecule has 0 saturated heterocycles. The van der Waals surface area contributed by atoms with Crippen LogP contribution in [0, 0.1) is 10.8 Å². The Morgan fingerprint density at radius 2 is 1.17 bits per heavy atom. The van der Waals surface area contributed by atoms with Gasteiger partial charge in [0.15, 0.2) is 5.41 Å². The lowest BCUT2D eigenvalue weighted by atomic mass is 9.92. The van der Waals surface area contributed by atoms with Crippen molar-refractivity contribution in [1.82, 2.24) is 0 Å². The van der Waals surface area contributed by atoms with E-state index in [1.54, 1.807) is 0 Å². The molecule has 24 heavy (non-hydrogen) atoms. The lowest BCUT2D eigenvalue weighted by molar-refractivity contribution is 0.314. The molecule has 5 rings (SSSR count). The first kappa shape index (κ1) is 14.6. The summed E-state index contributed by atoms with van der Waals surface area (Å²) in [6, 6.07) is 20.6. The van der Waals surface area contributed by atoms with Gasteiger partial charge in [0.05, 0.1) is 0 Å². The second kappa shape index (κ2) is 4.90. The fourth-order valence-electron chi connectivity index (χ4n) is 5.29. The molecule has 2 heteroatoms. The Balaban J connectivity index is 1.72. The molecule has 0 nitrogen and oxygen atoms in total. The van der Waals surface area contributed by atoms with Crippen LogP contribution in [-0.4, -0.2) is 5.41 Å². The summed E-state index contributed by atoms with van der Waals surface area (Å²) < 4.78 is 16.9. The maximum atomic E-state index is 16.9. The smallest absolute Gasteiger partial charge is 0.157 e. The second-order valence-corrected chi connectivity index (χ2v) is 9.46. The van der Waals surface area contributed by atoms with Gasteiger partial charge in [-0.15, -0.1) is 0 Å². The van der Waals surface area contributed by atoms with Crippen LogP contribution in [0.3, 0.4) is 0 Å². The highest BCUT2D eigenvalue weighted by Gasteiger charge is 2.90. The molecule has 2 fully saturated rings. The molecule has 2 saturated carbocycles. The monoisotopic (exact) mass is 334 g/mol. The number of alkyl halides is 1. The summed E-state index contributed by atoms with van der Waals surface area (Å²) in [7, 11) is -1.05. The molecule has 0 N–H and O–H groups in total. The number of hydrogen-bond donors (Lipinski definition) is 0. The first-order valence-corrected chi connectivity index (χ1v) is 10.1. The summed E-state index contributed by atoms with van der Waals surface area (Å²) in [5.74, 6) is 0. The standard InChI is InChI=1S/C22H20FP/c23-22(20-14-7-8-15-21(20,22)17-9-16-20)24(18-10-3-1-4-11-18)19-12-5-2-6-13-19/h1-8,10-15H,9,16-17H2/t20-,21+,22?. The van der Waals surface area contributed by atoms with E-state index >= 15 is 4.39 Å². The van der Waals surface area contributed by atoms with Crippen LogP contribution in [0.1, 0.15) is 19.3 Å². The summed E-state index contributed by atoms with van der Waals surface area (Å²) >= 11 is 0. The fraction of sp³-hybridized carbons (Fsp3) is 0.273. The zero-order valence-electron chi connectivity index (χ0n) is 13.5. The molecule has 2 aromatic carbocycles. The van der Waals surface area contributed by atoms with Crippen molar-refractivity contribution in [3.05, 3.63) is 85.0 Å². The maximum absolute atomic E-state index is 16.9. The topological polar surface area (TPSA) is 0 Å². The fourth-order valence-corrected chi connectivity index (χ4v) is 8.75. The van der Waals surface area contributed by atoms with Crippen LogP contribution in [0.25, 0.3) is 0 Å². The van der Waals surface area contributed by atoms with E-state index in [9.17, 15) is 0 Å². The van der Waals surface area contributed by atoms with Gasteiger partial charge in [0.25, 0.3) is 0 Å². The van der Waals surface area contributed by atoms with Gasteiger partial charge in [-0.2, -0.15) is 0 Å². The van der Waals surface area contributed by atoms with E-state index in [4.69, 9.17) is 0 Å². The van der Waals surface area contributed by atoms with Gasteiger partial charge in [-0.05, 0) is 31.4 Å². The molecule has 120 valence electrons. The minimum Gasteiger partial charge on any atom is -0.236 e. The Labute approximate surface area is 143 Å². The van der Waals surface area contributed by atoms with Crippen molar-refractivity contribution in [3.8, 4) is 0 Å². The highest BCUT2D eigenvalue weighted by molar-refractivity contribution is 7.74.